The van der Waals surface area contributed by atoms with Crippen molar-refractivity contribution in [1.29, 1.82) is 0 Å². The van der Waals surface area contributed by atoms with Gasteiger partial charge in [-0.2, -0.15) is 0 Å². The number of aromatic nitrogens is 1. The number of hydrogen-bond acceptors (Lipinski definition) is 7. The van der Waals surface area contributed by atoms with Crippen LogP contribution in [-0.2, 0) is 4.84 Å². The van der Waals surface area contributed by atoms with E-state index in [0.717, 1.165) is 11.3 Å². The molecule has 0 spiro atoms. The minimum Gasteiger partial charge on any atom is -0.493 e. The average molecular weight is 368 g/mol. The van der Waals surface area contributed by atoms with Gasteiger partial charge in [0.25, 0.3) is 11.8 Å². The van der Waals surface area contributed by atoms with Gasteiger partial charge in [0.1, 0.15) is 15.5 Å². The molecule has 0 saturated carbocycles. The fourth-order valence-electron chi connectivity index (χ4n) is 2.68. The fraction of sp³-hybridized carbons (Fsp3) is 0.111. The number of carbonyl (C=O) groups is 3. The van der Waals surface area contributed by atoms with E-state index < -0.39 is 17.8 Å². The van der Waals surface area contributed by atoms with E-state index in [2.05, 4.69) is 4.98 Å². The van der Waals surface area contributed by atoms with Crippen LogP contribution in [0.15, 0.2) is 42.6 Å². The van der Waals surface area contributed by atoms with Gasteiger partial charge in [0.2, 0.25) is 0 Å². The molecule has 2 amide bonds. The summed E-state index contributed by atoms with van der Waals surface area (Å²) in [5.41, 5.74) is 0.420. The van der Waals surface area contributed by atoms with Gasteiger partial charge in [-0.25, -0.2) is 9.78 Å². The van der Waals surface area contributed by atoms with Gasteiger partial charge in [0.05, 0.1) is 23.1 Å². The van der Waals surface area contributed by atoms with Crippen molar-refractivity contribution >= 4 is 39.3 Å². The molecule has 1 aliphatic rings. The molecule has 26 heavy (non-hydrogen) atoms. The van der Waals surface area contributed by atoms with Crippen LogP contribution in [0, 0.1) is 0 Å². The largest absolute Gasteiger partial charge is 0.493 e. The van der Waals surface area contributed by atoms with E-state index in [0.29, 0.717) is 27.6 Å². The standard InChI is InChI=1S/C18H12N2O5S/c1-2-24-13-7-8-19-15-12(13)9-14(26-15)18(23)25-20-16(21)10-5-3-4-6-11(10)17(20)22/h3-9H,2H2,1H3. The highest BCUT2D eigenvalue weighted by Crippen LogP contribution is 2.32. The fourth-order valence-corrected chi connectivity index (χ4v) is 3.56. The lowest BCUT2D eigenvalue weighted by Gasteiger charge is -2.11. The second kappa shape index (κ2) is 6.23. The predicted molar refractivity (Wildman–Crippen MR) is 93.1 cm³/mol. The Labute approximate surface area is 151 Å². The summed E-state index contributed by atoms with van der Waals surface area (Å²) in [6.45, 7) is 2.33. The second-order valence-electron chi connectivity index (χ2n) is 5.40. The maximum Gasteiger partial charge on any atom is 0.373 e. The topological polar surface area (TPSA) is 85.8 Å². The van der Waals surface area contributed by atoms with E-state index in [1.54, 1.807) is 30.5 Å². The number of benzene rings is 1. The Kier molecular flexibility index (Phi) is 3.89. The molecule has 0 fully saturated rings. The van der Waals surface area contributed by atoms with Crippen LogP contribution in [0.5, 0.6) is 5.75 Å². The zero-order valence-electron chi connectivity index (χ0n) is 13.6. The van der Waals surface area contributed by atoms with E-state index in [9.17, 15) is 14.4 Å². The number of nitrogens with zero attached hydrogens (tertiary/aromatic N) is 2. The maximum absolute atomic E-state index is 12.5. The molecule has 3 aromatic rings. The van der Waals surface area contributed by atoms with Gasteiger partial charge in [-0.05, 0) is 31.2 Å². The number of ether oxygens (including phenoxy) is 1. The number of fused-ring (bicyclic) bond motifs is 2. The van der Waals surface area contributed by atoms with Gasteiger partial charge < -0.3 is 9.57 Å². The average Bonchev–Trinajstić information content (AvgIpc) is 3.19. The highest BCUT2D eigenvalue weighted by Gasteiger charge is 2.39. The number of hydroxylamine groups is 2. The first kappa shape index (κ1) is 16.2. The van der Waals surface area contributed by atoms with Gasteiger partial charge in [-0.3, -0.25) is 9.59 Å². The third kappa shape index (κ3) is 2.51. The molecule has 1 aromatic carbocycles. The molecule has 0 aliphatic carbocycles. The van der Waals surface area contributed by atoms with Crippen LogP contribution in [0.25, 0.3) is 10.2 Å². The van der Waals surface area contributed by atoms with E-state index in [4.69, 9.17) is 9.57 Å². The first-order valence-electron chi connectivity index (χ1n) is 7.81. The van der Waals surface area contributed by atoms with E-state index in [-0.39, 0.29) is 16.0 Å². The SMILES string of the molecule is CCOc1ccnc2sc(C(=O)ON3C(=O)c4ccccc4C3=O)cc12. The van der Waals surface area contributed by atoms with Crippen molar-refractivity contribution in [3.63, 3.8) is 0 Å². The Morgan fingerprint density at radius 2 is 1.85 bits per heavy atom. The first-order valence-corrected chi connectivity index (χ1v) is 8.63. The molecule has 2 aromatic heterocycles. The molecule has 0 radical (unpaired) electrons. The normalized spacial score (nSPS) is 13.2. The van der Waals surface area contributed by atoms with Gasteiger partial charge in [0, 0.05) is 6.20 Å². The zero-order chi connectivity index (χ0) is 18.3. The molecule has 1 aliphatic heterocycles. The zero-order valence-corrected chi connectivity index (χ0v) is 14.4. The van der Waals surface area contributed by atoms with Crippen molar-refractivity contribution in [1.82, 2.24) is 10.0 Å². The molecule has 0 atom stereocenters. The van der Waals surface area contributed by atoms with E-state index in [1.165, 1.54) is 12.1 Å². The van der Waals surface area contributed by atoms with Crippen LogP contribution < -0.4 is 4.74 Å². The molecule has 4 rings (SSSR count). The summed E-state index contributed by atoms with van der Waals surface area (Å²) in [5.74, 6) is -1.51. The lowest BCUT2D eigenvalue weighted by atomic mass is 10.1. The van der Waals surface area contributed by atoms with E-state index >= 15 is 0 Å². The summed E-state index contributed by atoms with van der Waals surface area (Å²) in [4.78, 5) is 47.1. The van der Waals surface area contributed by atoms with Crippen LogP contribution in [0.4, 0.5) is 0 Å². The summed E-state index contributed by atoms with van der Waals surface area (Å²) in [7, 11) is 0. The van der Waals surface area contributed by atoms with Gasteiger partial charge in [-0.1, -0.05) is 17.2 Å². The molecule has 0 saturated heterocycles. The molecular formula is C18H12N2O5S. The van der Waals surface area contributed by atoms with Crippen molar-refractivity contribution in [3.8, 4) is 5.75 Å². The van der Waals surface area contributed by atoms with Crippen LogP contribution >= 0.6 is 11.3 Å². The minimum absolute atomic E-state index is 0.210. The van der Waals surface area contributed by atoms with Gasteiger partial charge in [-0.15, -0.1) is 11.3 Å². The molecule has 0 unspecified atom stereocenters. The van der Waals surface area contributed by atoms with Gasteiger partial charge >= 0.3 is 5.97 Å². The van der Waals surface area contributed by atoms with Crippen LogP contribution in [0.2, 0.25) is 0 Å². The van der Waals surface area contributed by atoms with Gasteiger partial charge in [0.15, 0.2) is 0 Å². The number of thiophene rings is 1. The number of carbonyl (C=O) groups excluding carboxylic acids is 3. The summed E-state index contributed by atoms with van der Waals surface area (Å²) in [6.07, 6.45) is 1.59. The van der Waals surface area contributed by atoms with Crippen LogP contribution in [0.1, 0.15) is 37.3 Å². The van der Waals surface area contributed by atoms with Crippen molar-refractivity contribution in [2.75, 3.05) is 6.61 Å². The van der Waals surface area contributed by atoms with Crippen molar-refractivity contribution < 1.29 is 24.0 Å². The minimum atomic E-state index is -0.801. The molecule has 7 nitrogen and oxygen atoms in total. The smallest absolute Gasteiger partial charge is 0.373 e. The maximum atomic E-state index is 12.5. The molecule has 0 bridgehead atoms. The first-order chi connectivity index (χ1) is 12.6. The summed E-state index contributed by atoms with van der Waals surface area (Å²) < 4.78 is 5.52. The number of pyridine rings is 1. The Balaban J connectivity index is 1.62. The molecule has 0 N–H and O–H groups in total. The lowest BCUT2D eigenvalue weighted by molar-refractivity contribution is -0.0581. The molecule has 3 heterocycles. The quantitative estimate of drug-likeness (QED) is 0.658. The highest BCUT2D eigenvalue weighted by atomic mass is 32.1. The molecule has 8 heteroatoms. The Bertz CT molecular complexity index is 1020. The van der Waals surface area contributed by atoms with Crippen LogP contribution in [0.3, 0.4) is 0 Å². The van der Waals surface area contributed by atoms with Crippen LogP contribution in [-0.4, -0.2) is 34.4 Å². The number of imide groups is 1. The third-order valence-electron chi connectivity index (χ3n) is 3.83. The second-order valence-corrected chi connectivity index (χ2v) is 6.43. The number of hydrogen-bond donors (Lipinski definition) is 0. The van der Waals surface area contributed by atoms with E-state index in [1.807, 2.05) is 6.92 Å². The molecular weight excluding hydrogens is 356 g/mol. The molecule has 130 valence electrons. The monoisotopic (exact) mass is 368 g/mol. The van der Waals surface area contributed by atoms with Crippen molar-refractivity contribution in [2.24, 2.45) is 0 Å². The van der Waals surface area contributed by atoms with Crippen molar-refractivity contribution in [2.45, 2.75) is 6.92 Å². The summed E-state index contributed by atoms with van der Waals surface area (Å²) >= 11 is 1.10. The Morgan fingerprint density at radius 1 is 1.15 bits per heavy atom. The van der Waals surface area contributed by atoms with Crippen molar-refractivity contribution in [3.05, 3.63) is 58.6 Å². The predicted octanol–water partition coefficient (Wildman–Crippen LogP) is 3.06. The summed E-state index contributed by atoms with van der Waals surface area (Å²) in [5, 5.41) is 1.17. The number of rotatable bonds is 4. The third-order valence-corrected chi connectivity index (χ3v) is 4.85. The highest BCUT2D eigenvalue weighted by molar-refractivity contribution is 7.20. The Morgan fingerprint density at radius 3 is 2.50 bits per heavy atom. The number of amides is 2. The Hall–Kier alpha value is -3.26. The lowest BCUT2D eigenvalue weighted by Crippen LogP contribution is -2.32. The summed E-state index contributed by atoms with van der Waals surface area (Å²) in [6, 6.07) is 9.60.